The third-order valence-corrected chi connectivity index (χ3v) is 4.44. The van der Waals surface area contributed by atoms with Crippen LogP contribution in [0.25, 0.3) is 0 Å². The summed E-state index contributed by atoms with van der Waals surface area (Å²) in [5, 5.41) is 3.58. The Morgan fingerprint density at radius 1 is 1.05 bits per heavy atom. The number of piperazine rings is 1. The third-order valence-electron chi connectivity index (χ3n) is 4.44. The lowest BCUT2D eigenvalue weighted by molar-refractivity contribution is 0.312. The van der Waals surface area contributed by atoms with E-state index in [1.165, 1.54) is 32.1 Å². The Morgan fingerprint density at radius 2 is 1.80 bits per heavy atom. The fourth-order valence-corrected chi connectivity index (χ4v) is 3.09. The smallest absolute Gasteiger partial charge is 0.134 e. The minimum Gasteiger partial charge on any atom is -0.367 e. The first-order valence-electron chi connectivity index (χ1n) is 7.83. The molecule has 3 rings (SSSR count). The molecule has 2 fully saturated rings. The van der Waals surface area contributed by atoms with Crippen LogP contribution < -0.4 is 10.2 Å². The molecule has 1 aliphatic carbocycles. The molecule has 1 saturated carbocycles. The van der Waals surface area contributed by atoms with Gasteiger partial charge in [-0.05, 0) is 19.9 Å². The van der Waals surface area contributed by atoms with E-state index in [2.05, 4.69) is 38.2 Å². The Kier molecular flexibility index (Phi) is 4.35. The lowest BCUT2D eigenvalue weighted by Gasteiger charge is -2.33. The maximum atomic E-state index is 4.44. The van der Waals surface area contributed by atoms with E-state index in [1.807, 2.05) is 0 Å². The van der Waals surface area contributed by atoms with Gasteiger partial charge in [0.1, 0.15) is 18.0 Å². The van der Waals surface area contributed by atoms with Gasteiger partial charge < -0.3 is 15.1 Å². The van der Waals surface area contributed by atoms with Gasteiger partial charge in [0.2, 0.25) is 0 Å². The zero-order valence-corrected chi connectivity index (χ0v) is 12.4. The number of nitrogens with one attached hydrogen (secondary N) is 1. The van der Waals surface area contributed by atoms with Crippen LogP contribution in [-0.4, -0.2) is 54.1 Å². The Balaban J connectivity index is 1.63. The second-order valence-corrected chi connectivity index (χ2v) is 6.03. The van der Waals surface area contributed by atoms with Crippen molar-refractivity contribution in [2.45, 2.75) is 38.1 Å². The summed E-state index contributed by atoms with van der Waals surface area (Å²) in [4.78, 5) is 13.5. The van der Waals surface area contributed by atoms with Gasteiger partial charge in [-0.3, -0.25) is 0 Å². The zero-order chi connectivity index (χ0) is 13.8. The standard InChI is InChI=1S/C15H25N5/c1-19-7-9-20(10-8-19)15-11-14(16-12-17-15)18-13-5-3-2-4-6-13/h11-13H,2-10H2,1H3,(H,16,17,18). The van der Waals surface area contributed by atoms with Gasteiger partial charge in [0, 0.05) is 38.3 Å². The molecule has 110 valence electrons. The van der Waals surface area contributed by atoms with Crippen molar-refractivity contribution in [3.8, 4) is 0 Å². The topological polar surface area (TPSA) is 44.3 Å². The lowest BCUT2D eigenvalue weighted by Crippen LogP contribution is -2.44. The first-order chi connectivity index (χ1) is 9.81. The summed E-state index contributed by atoms with van der Waals surface area (Å²) in [6.45, 7) is 4.32. The molecule has 0 unspecified atom stereocenters. The molecule has 0 bridgehead atoms. The maximum absolute atomic E-state index is 4.44. The van der Waals surface area contributed by atoms with Crippen molar-refractivity contribution in [1.29, 1.82) is 0 Å². The summed E-state index contributed by atoms with van der Waals surface area (Å²) in [6.07, 6.45) is 8.30. The number of hydrogen-bond donors (Lipinski definition) is 1. The van der Waals surface area contributed by atoms with Crippen LogP contribution in [-0.2, 0) is 0 Å². The Morgan fingerprint density at radius 3 is 2.55 bits per heavy atom. The molecular weight excluding hydrogens is 250 g/mol. The van der Waals surface area contributed by atoms with Gasteiger partial charge in [0.05, 0.1) is 0 Å². The SMILES string of the molecule is CN1CCN(c2cc(NC3CCCCC3)ncn2)CC1. The highest BCUT2D eigenvalue weighted by atomic mass is 15.3. The fourth-order valence-electron chi connectivity index (χ4n) is 3.09. The molecule has 1 aliphatic heterocycles. The van der Waals surface area contributed by atoms with Crippen molar-refractivity contribution in [3.63, 3.8) is 0 Å². The molecule has 5 nitrogen and oxygen atoms in total. The fraction of sp³-hybridized carbons (Fsp3) is 0.733. The van der Waals surface area contributed by atoms with E-state index in [0.29, 0.717) is 6.04 Å². The highest BCUT2D eigenvalue weighted by Crippen LogP contribution is 2.22. The minimum absolute atomic E-state index is 0.596. The second-order valence-electron chi connectivity index (χ2n) is 6.03. The molecule has 2 heterocycles. The van der Waals surface area contributed by atoms with Crippen molar-refractivity contribution in [1.82, 2.24) is 14.9 Å². The molecule has 0 radical (unpaired) electrons. The Labute approximate surface area is 121 Å². The third kappa shape index (κ3) is 3.39. The summed E-state index contributed by atoms with van der Waals surface area (Å²) >= 11 is 0. The Hall–Kier alpha value is -1.36. The predicted octanol–water partition coefficient (Wildman–Crippen LogP) is 1.97. The molecule has 1 aromatic rings. The van der Waals surface area contributed by atoms with Gasteiger partial charge >= 0.3 is 0 Å². The van der Waals surface area contributed by atoms with Crippen molar-refractivity contribution in [2.75, 3.05) is 43.4 Å². The first kappa shape index (κ1) is 13.6. The molecule has 1 N–H and O–H groups in total. The molecule has 5 heteroatoms. The summed E-state index contributed by atoms with van der Waals surface area (Å²) in [7, 11) is 2.17. The van der Waals surface area contributed by atoms with Crippen LogP contribution in [0.1, 0.15) is 32.1 Å². The summed E-state index contributed by atoms with van der Waals surface area (Å²) in [5.41, 5.74) is 0. The molecule has 0 spiro atoms. The van der Waals surface area contributed by atoms with Gasteiger partial charge in [-0.25, -0.2) is 9.97 Å². The molecule has 1 saturated heterocycles. The van der Waals surface area contributed by atoms with Gasteiger partial charge in [-0.1, -0.05) is 19.3 Å². The molecule has 20 heavy (non-hydrogen) atoms. The average Bonchev–Trinajstić information content (AvgIpc) is 2.49. The van der Waals surface area contributed by atoms with Gasteiger partial charge in [0.25, 0.3) is 0 Å². The van der Waals surface area contributed by atoms with Crippen LogP contribution in [0.5, 0.6) is 0 Å². The summed E-state index contributed by atoms with van der Waals surface area (Å²) in [6, 6.07) is 2.71. The van der Waals surface area contributed by atoms with E-state index in [9.17, 15) is 0 Å². The van der Waals surface area contributed by atoms with Crippen molar-refractivity contribution < 1.29 is 0 Å². The predicted molar refractivity (Wildman–Crippen MR) is 82.2 cm³/mol. The first-order valence-corrected chi connectivity index (χ1v) is 7.83. The van der Waals surface area contributed by atoms with Crippen LogP contribution >= 0.6 is 0 Å². The molecule has 0 atom stereocenters. The van der Waals surface area contributed by atoms with Crippen LogP contribution in [0.3, 0.4) is 0 Å². The number of anilines is 2. The molecule has 2 aliphatic rings. The average molecular weight is 275 g/mol. The minimum atomic E-state index is 0.596. The number of nitrogens with zero attached hydrogens (tertiary/aromatic N) is 4. The number of aromatic nitrogens is 2. The van der Waals surface area contributed by atoms with E-state index < -0.39 is 0 Å². The number of hydrogen-bond acceptors (Lipinski definition) is 5. The number of likely N-dealkylation sites (N-methyl/N-ethyl adjacent to an activating group) is 1. The molecular formula is C15H25N5. The molecule has 0 aromatic carbocycles. The van der Waals surface area contributed by atoms with E-state index in [4.69, 9.17) is 0 Å². The normalized spacial score (nSPS) is 21.9. The van der Waals surface area contributed by atoms with Crippen molar-refractivity contribution >= 4 is 11.6 Å². The van der Waals surface area contributed by atoms with Crippen LogP contribution in [0.15, 0.2) is 12.4 Å². The molecule has 1 aromatic heterocycles. The highest BCUT2D eigenvalue weighted by Gasteiger charge is 2.17. The van der Waals surface area contributed by atoms with E-state index in [-0.39, 0.29) is 0 Å². The Bertz CT molecular complexity index is 422. The second kappa shape index (κ2) is 6.39. The summed E-state index contributed by atoms with van der Waals surface area (Å²) < 4.78 is 0. The van der Waals surface area contributed by atoms with Crippen molar-refractivity contribution in [2.24, 2.45) is 0 Å². The molecule has 0 amide bonds. The van der Waals surface area contributed by atoms with Crippen LogP contribution in [0.4, 0.5) is 11.6 Å². The van der Waals surface area contributed by atoms with Gasteiger partial charge in [-0.15, -0.1) is 0 Å². The quantitative estimate of drug-likeness (QED) is 0.913. The largest absolute Gasteiger partial charge is 0.367 e. The zero-order valence-electron chi connectivity index (χ0n) is 12.4. The van der Waals surface area contributed by atoms with E-state index in [1.54, 1.807) is 6.33 Å². The summed E-state index contributed by atoms with van der Waals surface area (Å²) in [5.74, 6) is 2.05. The van der Waals surface area contributed by atoms with Crippen LogP contribution in [0, 0.1) is 0 Å². The number of rotatable bonds is 3. The maximum Gasteiger partial charge on any atom is 0.134 e. The monoisotopic (exact) mass is 275 g/mol. The van der Waals surface area contributed by atoms with Crippen molar-refractivity contribution in [3.05, 3.63) is 12.4 Å². The lowest BCUT2D eigenvalue weighted by atomic mass is 9.95. The van der Waals surface area contributed by atoms with E-state index in [0.717, 1.165) is 37.8 Å². The van der Waals surface area contributed by atoms with Crippen LogP contribution in [0.2, 0.25) is 0 Å². The van der Waals surface area contributed by atoms with E-state index >= 15 is 0 Å². The highest BCUT2D eigenvalue weighted by molar-refractivity contribution is 5.49. The van der Waals surface area contributed by atoms with Gasteiger partial charge in [-0.2, -0.15) is 0 Å². The van der Waals surface area contributed by atoms with Gasteiger partial charge in [0.15, 0.2) is 0 Å².